The van der Waals surface area contributed by atoms with Gasteiger partial charge in [-0.15, -0.1) is 0 Å². The van der Waals surface area contributed by atoms with Gasteiger partial charge < -0.3 is 4.74 Å². The zero-order chi connectivity index (χ0) is 15.3. The summed E-state index contributed by atoms with van der Waals surface area (Å²) in [7, 11) is -2.67. The van der Waals surface area contributed by atoms with Gasteiger partial charge in [-0.05, 0) is 17.7 Å². The number of nitrogens with zero attached hydrogens (tertiary/aromatic N) is 1. The fourth-order valence-corrected chi connectivity index (χ4v) is 2.88. The van der Waals surface area contributed by atoms with Gasteiger partial charge in [0.15, 0.2) is 0 Å². The maximum Gasteiger partial charge on any atom is 0.328 e. The summed E-state index contributed by atoms with van der Waals surface area (Å²) in [6.07, 6.45) is 2.68. The second-order valence-electron chi connectivity index (χ2n) is 4.18. The first-order valence-electron chi connectivity index (χ1n) is 6.10. The number of rotatable bonds is 5. The van der Waals surface area contributed by atoms with Crippen LogP contribution in [0.25, 0.3) is 0 Å². The summed E-state index contributed by atoms with van der Waals surface area (Å²) in [5, 5.41) is 0. The van der Waals surface area contributed by atoms with Crippen LogP contribution in [0.3, 0.4) is 0 Å². The van der Waals surface area contributed by atoms with Gasteiger partial charge in [-0.3, -0.25) is 4.98 Å². The predicted octanol–water partition coefficient (Wildman–Crippen LogP) is 1.27. The molecule has 1 atom stereocenters. The first-order chi connectivity index (χ1) is 10.0. The molecule has 0 amide bonds. The Bertz CT molecular complexity index is 702. The van der Waals surface area contributed by atoms with Crippen LogP contribution >= 0.6 is 0 Å². The molecular formula is C14H14N2O4S. The normalized spacial score (nSPS) is 12.6. The number of esters is 1. The molecule has 1 N–H and O–H groups in total. The summed E-state index contributed by atoms with van der Waals surface area (Å²) in [6.45, 7) is 0. The molecule has 0 bridgehead atoms. The molecule has 0 aliphatic carbocycles. The quantitative estimate of drug-likeness (QED) is 0.841. The molecule has 0 spiro atoms. The van der Waals surface area contributed by atoms with E-state index in [9.17, 15) is 13.2 Å². The Kier molecular flexibility index (Phi) is 4.66. The molecule has 7 heteroatoms. The van der Waals surface area contributed by atoms with Gasteiger partial charge in [-0.2, -0.15) is 4.72 Å². The number of nitrogens with one attached hydrogen (secondary N) is 1. The van der Waals surface area contributed by atoms with Gasteiger partial charge in [0.1, 0.15) is 10.9 Å². The zero-order valence-electron chi connectivity index (χ0n) is 11.3. The molecule has 0 saturated heterocycles. The summed E-state index contributed by atoms with van der Waals surface area (Å²) >= 11 is 0. The lowest BCUT2D eigenvalue weighted by Crippen LogP contribution is -2.34. The number of benzene rings is 1. The van der Waals surface area contributed by atoms with E-state index >= 15 is 0 Å². The second-order valence-corrected chi connectivity index (χ2v) is 5.89. The van der Waals surface area contributed by atoms with Crippen molar-refractivity contribution in [2.45, 2.75) is 10.9 Å². The number of methoxy groups -OCH3 is 1. The first-order valence-corrected chi connectivity index (χ1v) is 7.58. The van der Waals surface area contributed by atoms with Crippen LogP contribution in [0, 0.1) is 0 Å². The Morgan fingerprint density at radius 3 is 2.48 bits per heavy atom. The number of ether oxygens (including phenoxy) is 1. The van der Waals surface area contributed by atoms with Crippen molar-refractivity contribution in [3.05, 3.63) is 60.4 Å². The molecule has 6 nitrogen and oxygen atoms in total. The van der Waals surface area contributed by atoms with Crippen LogP contribution in [0.5, 0.6) is 0 Å². The van der Waals surface area contributed by atoms with Crippen molar-refractivity contribution in [1.82, 2.24) is 9.71 Å². The van der Waals surface area contributed by atoms with Gasteiger partial charge in [0.2, 0.25) is 10.0 Å². The lowest BCUT2D eigenvalue weighted by atomic mass is 10.1. The molecule has 0 aliphatic heterocycles. The third kappa shape index (κ3) is 3.65. The maximum atomic E-state index is 12.3. The molecule has 1 unspecified atom stereocenters. The van der Waals surface area contributed by atoms with E-state index in [-0.39, 0.29) is 4.90 Å². The highest BCUT2D eigenvalue weighted by atomic mass is 32.2. The van der Waals surface area contributed by atoms with E-state index in [1.807, 2.05) is 0 Å². The van der Waals surface area contributed by atoms with E-state index in [0.717, 1.165) is 0 Å². The molecule has 21 heavy (non-hydrogen) atoms. The summed E-state index contributed by atoms with van der Waals surface area (Å²) in [5.74, 6) is -0.686. The third-order valence-electron chi connectivity index (χ3n) is 2.79. The number of hydrogen-bond donors (Lipinski definition) is 1. The second kappa shape index (κ2) is 6.47. The lowest BCUT2D eigenvalue weighted by Gasteiger charge is -2.16. The Labute approximate surface area is 122 Å². The van der Waals surface area contributed by atoms with Gasteiger partial charge in [0.25, 0.3) is 0 Å². The number of aromatic nitrogens is 1. The standard InChI is InChI=1S/C14H14N2O4S/c1-20-14(17)13(11-6-3-2-4-7-11)16-21(18,19)12-8-5-9-15-10-12/h2-10,13,16H,1H3. The van der Waals surface area contributed by atoms with Crippen molar-refractivity contribution in [2.75, 3.05) is 7.11 Å². The Balaban J connectivity index is 2.34. The number of hydrogen-bond acceptors (Lipinski definition) is 5. The van der Waals surface area contributed by atoms with Gasteiger partial charge in [-0.25, -0.2) is 13.2 Å². The van der Waals surface area contributed by atoms with E-state index in [1.165, 1.54) is 31.6 Å². The Morgan fingerprint density at radius 1 is 1.19 bits per heavy atom. The lowest BCUT2D eigenvalue weighted by molar-refractivity contribution is -0.142. The highest BCUT2D eigenvalue weighted by molar-refractivity contribution is 7.89. The summed E-state index contributed by atoms with van der Waals surface area (Å²) in [4.78, 5) is 15.6. The minimum Gasteiger partial charge on any atom is -0.468 e. The average Bonchev–Trinajstić information content (AvgIpc) is 2.53. The molecule has 1 aromatic heterocycles. The minimum atomic E-state index is -3.88. The molecular weight excluding hydrogens is 292 g/mol. The van der Waals surface area contributed by atoms with E-state index in [0.29, 0.717) is 5.56 Å². The van der Waals surface area contributed by atoms with Gasteiger partial charge in [0, 0.05) is 12.4 Å². The number of carbonyl (C=O) groups is 1. The fourth-order valence-electron chi connectivity index (χ4n) is 1.74. The summed E-state index contributed by atoms with van der Waals surface area (Å²) in [6, 6.07) is 10.3. The number of pyridine rings is 1. The third-order valence-corrected chi connectivity index (χ3v) is 4.20. The maximum absolute atomic E-state index is 12.3. The molecule has 0 radical (unpaired) electrons. The van der Waals surface area contributed by atoms with Crippen LogP contribution in [-0.2, 0) is 19.6 Å². The van der Waals surface area contributed by atoms with Crippen LogP contribution in [0.1, 0.15) is 11.6 Å². The van der Waals surface area contributed by atoms with Crippen LogP contribution < -0.4 is 4.72 Å². The van der Waals surface area contributed by atoms with Crippen LogP contribution in [0.4, 0.5) is 0 Å². The van der Waals surface area contributed by atoms with E-state index < -0.39 is 22.0 Å². The minimum absolute atomic E-state index is 0.0187. The highest BCUT2D eigenvalue weighted by Crippen LogP contribution is 2.18. The Hall–Kier alpha value is -2.25. The summed E-state index contributed by atoms with van der Waals surface area (Å²) in [5.41, 5.74) is 0.497. The largest absolute Gasteiger partial charge is 0.468 e. The highest BCUT2D eigenvalue weighted by Gasteiger charge is 2.27. The monoisotopic (exact) mass is 306 g/mol. The molecule has 110 valence electrons. The molecule has 2 aromatic rings. The van der Waals surface area contributed by atoms with Gasteiger partial charge in [0.05, 0.1) is 7.11 Å². The van der Waals surface area contributed by atoms with Crippen LogP contribution in [0.2, 0.25) is 0 Å². The predicted molar refractivity (Wildman–Crippen MR) is 75.8 cm³/mol. The Morgan fingerprint density at radius 2 is 1.90 bits per heavy atom. The fraction of sp³-hybridized carbons (Fsp3) is 0.143. The van der Waals surface area contributed by atoms with Crippen molar-refractivity contribution in [1.29, 1.82) is 0 Å². The van der Waals surface area contributed by atoms with Crippen molar-refractivity contribution in [3.8, 4) is 0 Å². The zero-order valence-corrected chi connectivity index (χ0v) is 12.1. The van der Waals surface area contributed by atoms with Crippen LogP contribution in [-0.4, -0.2) is 26.5 Å². The molecule has 0 saturated carbocycles. The molecule has 0 fully saturated rings. The van der Waals surface area contributed by atoms with E-state index in [2.05, 4.69) is 14.4 Å². The van der Waals surface area contributed by atoms with Crippen LogP contribution in [0.15, 0.2) is 59.8 Å². The van der Waals surface area contributed by atoms with Crippen molar-refractivity contribution >= 4 is 16.0 Å². The average molecular weight is 306 g/mol. The van der Waals surface area contributed by atoms with Crippen molar-refractivity contribution in [2.24, 2.45) is 0 Å². The SMILES string of the molecule is COC(=O)C(NS(=O)(=O)c1cccnc1)c1ccccc1. The van der Waals surface area contributed by atoms with Crippen molar-refractivity contribution < 1.29 is 17.9 Å². The molecule has 2 rings (SSSR count). The molecule has 0 aliphatic rings. The topological polar surface area (TPSA) is 85.4 Å². The van der Waals surface area contributed by atoms with Gasteiger partial charge >= 0.3 is 5.97 Å². The van der Waals surface area contributed by atoms with E-state index in [4.69, 9.17) is 0 Å². The summed E-state index contributed by atoms with van der Waals surface area (Å²) < 4.78 is 31.6. The smallest absolute Gasteiger partial charge is 0.328 e. The van der Waals surface area contributed by atoms with Gasteiger partial charge in [-0.1, -0.05) is 30.3 Å². The molecule has 1 heterocycles. The molecule has 1 aromatic carbocycles. The number of sulfonamides is 1. The number of carbonyl (C=O) groups excluding carboxylic acids is 1. The van der Waals surface area contributed by atoms with Crippen molar-refractivity contribution in [3.63, 3.8) is 0 Å². The first kappa shape index (κ1) is 15.1. The van der Waals surface area contributed by atoms with E-state index in [1.54, 1.807) is 30.3 Å².